The second-order valence-electron chi connectivity index (χ2n) is 10.8. The molecule has 0 aliphatic rings. The van der Waals surface area contributed by atoms with E-state index in [1.807, 2.05) is 38.1 Å². The molecule has 0 saturated carbocycles. The van der Waals surface area contributed by atoms with Gasteiger partial charge in [0.15, 0.2) is 0 Å². The lowest BCUT2D eigenvalue weighted by molar-refractivity contribution is -0.140. The van der Waals surface area contributed by atoms with Crippen LogP contribution in [0.3, 0.4) is 0 Å². The van der Waals surface area contributed by atoms with Crippen LogP contribution in [0.2, 0.25) is 0 Å². The van der Waals surface area contributed by atoms with Crippen molar-refractivity contribution in [3.05, 3.63) is 95.1 Å². The summed E-state index contributed by atoms with van der Waals surface area (Å²) in [6, 6.07) is 20.2. The second-order valence-corrected chi connectivity index (χ2v) is 10.8. The van der Waals surface area contributed by atoms with Crippen molar-refractivity contribution >= 4 is 23.6 Å². The molecule has 0 aliphatic heterocycles. The van der Waals surface area contributed by atoms with Crippen molar-refractivity contribution in [3.63, 3.8) is 0 Å². The molecule has 3 N–H and O–H groups in total. The number of nitriles is 1. The Kier molecular flexibility index (Phi) is 10.1. The van der Waals surface area contributed by atoms with Gasteiger partial charge in [-0.05, 0) is 69.0 Å². The third kappa shape index (κ3) is 8.57. The van der Waals surface area contributed by atoms with Crippen molar-refractivity contribution in [1.82, 2.24) is 10.2 Å². The summed E-state index contributed by atoms with van der Waals surface area (Å²) in [5.74, 6) is -1.09. The van der Waals surface area contributed by atoms with E-state index in [9.17, 15) is 24.8 Å². The molecule has 0 bridgehead atoms. The minimum Gasteiger partial charge on any atom is -0.508 e. The molecule has 41 heavy (non-hydrogen) atoms. The summed E-state index contributed by atoms with van der Waals surface area (Å²) in [7, 11) is 0. The van der Waals surface area contributed by atoms with Gasteiger partial charge in [-0.3, -0.25) is 9.59 Å². The number of amides is 3. The smallest absolute Gasteiger partial charge is 0.408 e. The van der Waals surface area contributed by atoms with Gasteiger partial charge in [0, 0.05) is 12.1 Å². The number of carbonyl (C=O) groups excluding carboxylic acids is 3. The number of carbonyl (C=O) groups is 3. The second kappa shape index (κ2) is 13.5. The molecule has 0 heterocycles. The van der Waals surface area contributed by atoms with Crippen LogP contribution in [0.15, 0.2) is 72.8 Å². The first-order valence-corrected chi connectivity index (χ1v) is 13.3. The van der Waals surface area contributed by atoms with Gasteiger partial charge in [0.1, 0.15) is 30.0 Å². The number of nitrogens with one attached hydrogen (secondary N) is 2. The fourth-order valence-corrected chi connectivity index (χ4v) is 4.40. The van der Waals surface area contributed by atoms with Crippen LogP contribution in [0.5, 0.6) is 5.75 Å². The number of rotatable bonds is 9. The molecule has 0 spiro atoms. The number of nitrogens with zero attached hydrogens (tertiary/aromatic N) is 2. The summed E-state index contributed by atoms with van der Waals surface area (Å²) in [5, 5.41) is 25.1. The molecule has 3 aromatic rings. The lowest BCUT2D eigenvalue weighted by Crippen LogP contribution is -2.53. The van der Waals surface area contributed by atoms with Crippen molar-refractivity contribution in [3.8, 4) is 11.8 Å². The lowest BCUT2D eigenvalue weighted by Gasteiger charge is -2.33. The van der Waals surface area contributed by atoms with Gasteiger partial charge in [0.25, 0.3) is 5.91 Å². The Balaban J connectivity index is 2.04. The van der Waals surface area contributed by atoms with E-state index in [-0.39, 0.29) is 12.2 Å². The average Bonchev–Trinajstić information content (AvgIpc) is 2.90. The number of para-hydroxylation sites is 1. The number of hydrogen-bond donors (Lipinski definition) is 3. The predicted molar refractivity (Wildman–Crippen MR) is 156 cm³/mol. The molecule has 0 radical (unpaired) electrons. The van der Waals surface area contributed by atoms with Crippen LogP contribution in [0.1, 0.15) is 49.1 Å². The summed E-state index contributed by atoms with van der Waals surface area (Å²) >= 11 is 0. The third-order valence-electron chi connectivity index (χ3n) is 6.29. The molecular formula is C32H36N4O5. The minimum atomic E-state index is -1.18. The Labute approximate surface area is 240 Å². The topological polar surface area (TPSA) is 132 Å². The molecule has 0 aromatic heterocycles. The number of benzene rings is 3. The van der Waals surface area contributed by atoms with E-state index >= 15 is 0 Å². The monoisotopic (exact) mass is 556 g/mol. The van der Waals surface area contributed by atoms with Gasteiger partial charge in [-0.2, -0.15) is 5.26 Å². The highest BCUT2D eigenvalue weighted by Gasteiger charge is 2.36. The fraction of sp³-hybridized carbons (Fsp3) is 0.312. The maximum absolute atomic E-state index is 14.2. The highest BCUT2D eigenvalue weighted by Crippen LogP contribution is 2.27. The fourth-order valence-electron chi connectivity index (χ4n) is 4.40. The van der Waals surface area contributed by atoms with Crippen LogP contribution in [-0.2, 0) is 20.7 Å². The van der Waals surface area contributed by atoms with E-state index in [4.69, 9.17) is 4.74 Å². The van der Waals surface area contributed by atoms with Crippen molar-refractivity contribution in [1.29, 1.82) is 5.26 Å². The Hall–Kier alpha value is -4.84. The zero-order valence-electron chi connectivity index (χ0n) is 24.0. The first-order chi connectivity index (χ1) is 19.4. The largest absolute Gasteiger partial charge is 0.508 e. The number of anilines is 1. The number of hydrogen-bond acceptors (Lipinski definition) is 6. The van der Waals surface area contributed by atoms with Crippen molar-refractivity contribution in [2.75, 3.05) is 11.9 Å². The SMILES string of the molecule is Cc1cccc(C)c1NC(=O)C(c1ccccc1)N(CC#N)C(=O)C(Cc1ccc(O)cc1)NC(=O)OC(C)(C)C. The standard InChI is InChI=1S/C32H36N4O5/c1-21-10-9-11-22(2)27(21)35-29(38)28(24-12-7-6-8-13-24)36(19-18-33)30(39)26(34-31(40)41-32(3,4)5)20-23-14-16-25(37)17-15-23/h6-17,26,28,37H,19-20H2,1-5H3,(H,34,40)(H,35,38). The van der Waals surface area contributed by atoms with Gasteiger partial charge in [0.2, 0.25) is 5.91 Å². The number of aromatic hydroxyl groups is 1. The Morgan fingerprint density at radius 1 is 0.951 bits per heavy atom. The Morgan fingerprint density at radius 2 is 1.56 bits per heavy atom. The van der Waals surface area contributed by atoms with Gasteiger partial charge < -0.3 is 25.4 Å². The molecular weight excluding hydrogens is 520 g/mol. The third-order valence-corrected chi connectivity index (χ3v) is 6.29. The van der Waals surface area contributed by atoms with Crippen LogP contribution in [0.25, 0.3) is 0 Å². The number of aryl methyl sites for hydroxylation is 2. The maximum Gasteiger partial charge on any atom is 0.408 e. The van der Waals surface area contributed by atoms with Gasteiger partial charge in [-0.25, -0.2) is 4.79 Å². The zero-order valence-corrected chi connectivity index (χ0v) is 24.0. The Morgan fingerprint density at radius 3 is 2.12 bits per heavy atom. The Bertz CT molecular complexity index is 1390. The quantitative estimate of drug-likeness (QED) is 0.311. The summed E-state index contributed by atoms with van der Waals surface area (Å²) in [4.78, 5) is 42.1. The average molecular weight is 557 g/mol. The molecule has 9 heteroatoms. The van der Waals surface area contributed by atoms with E-state index in [2.05, 4.69) is 10.6 Å². The van der Waals surface area contributed by atoms with Crippen LogP contribution in [-0.4, -0.2) is 46.1 Å². The molecule has 0 saturated heterocycles. The summed E-state index contributed by atoms with van der Waals surface area (Å²) < 4.78 is 5.41. The summed E-state index contributed by atoms with van der Waals surface area (Å²) in [6.07, 6.45) is -0.789. The number of phenols is 1. The van der Waals surface area contributed by atoms with Crippen LogP contribution >= 0.6 is 0 Å². The number of ether oxygens (including phenoxy) is 1. The zero-order chi connectivity index (χ0) is 30.2. The van der Waals surface area contributed by atoms with E-state index in [1.165, 1.54) is 17.0 Å². The molecule has 0 aliphatic carbocycles. The molecule has 3 rings (SSSR count). The predicted octanol–water partition coefficient (Wildman–Crippen LogP) is 5.18. The minimum absolute atomic E-state index is 0.0281. The molecule has 214 valence electrons. The summed E-state index contributed by atoms with van der Waals surface area (Å²) in [6.45, 7) is 8.44. The molecule has 2 unspecified atom stereocenters. The number of phenolic OH excluding ortho intramolecular Hbond substituents is 1. The molecule has 3 aromatic carbocycles. The molecule has 2 atom stereocenters. The molecule has 9 nitrogen and oxygen atoms in total. The van der Waals surface area contributed by atoms with Crippen LogP contribution in [0.4, 0.5) is 10.5 Å². The molecule has 0 fully saturated rings. The normalized spacial score (nSPS) is 12.4. The van der Waals surface area contributed by atoms with E-state index in [0.717, 1.165) is 11.1 Å². The molecule has 3 amide bonds. The summed E-state index contributed by atoms with van der Waals surface area (Å²) in [5.41, 5.74) is 2.64. The highest BCUT2D eigenvalue weighted by atomic mass is 16.6. The first kappa shape index (κ1) is 30.7. The van der Waals surface area contributed by atoms with Gasteiger partial charge in [0.05, 0.1) is 6.07 Å². The van der Waals surface area contributed by atoms with Gasteiger partial charge in [-0.15, -0.1) is 0 Å². The van der Waals surface area contributed by atoms with Gasteiger partial charge >= 0.3 is 6.09 Å². The van der Waals surface area contributed by atoms with E-state index < -0.39 is 42.1 Å². The van der Waals surface area contributed by atoms with Crippen molar-refractivity contribution in [2.45, 2.75) is 58.7 Å². The number of alkyl carbamates (subject to hydrolysis) is 1. The van der Waals surface area contributed by atoms with Crippen molar-refractivity contribution < 1.29 is 24.2 Å². The van der Waals surface area contributed by atoms with Crippen LogP contribution < -0.4 is 10.6 Å². The van der Waals surface area contributed by atoms with E-state index in [0.29, 0.717) is 16.8 Å². The first-order valence-electron chi connectivity index (χ1n) is 13.3. The van der Waals surface area contributed by atoms with Crippen molar-refractivity contribution in [2.24, 2.45) is 0 Å². The highest BCUT2D eigenvalue weighted by molar-refractivity contribution is 6.00. The van der Waals surface area contributed by atoms with Gasteiger partial charge in [-0.1, -0.05) is 60.7 Å². The van der Waals surface area contributed by atoms with Crippen LogP contribution in [0, 0.1) is 25.2 Å². The maximum atomic E-state index is 14.2. The van der Waals surface area contributed by atoms with E-state index in [1.54, 1.807) is 63.2 Å². The lowest BCUT2D eigenvalue weighted by atomic mass is 10.00.